The van der Waals surface area contributed by atoms with E-state index in [2.05, 4.69) is 40.8 Å². The van der Waals surface area contributed by atoms with E-state index in [0.29, 0.717) is 0 Å². The third-order valence-corrected chi connectivity index (χ3v) is 8.99. The molecule has 0 aromatic rings. The van der Waals surface area contributed by atoms with Gasteiger partial charge in [0.15, 0.2) is 8.32 Å². The van der Waals surface area contributed by atoms with Crippen LogP contribution in [0.2, 0.25) is 18.1 Å². The van der Waals surface area contributed by atoms with Crippen LogP contribution in [0.15, 0.2) is 0 Å². The van der Waals surface area contributed by atoms with Crippen LogP contribution < -0.4 is 0 Å². The summed E-state index contributed by atoms with van der Waals surface area (Å²) in [5, 5.41) is 10.4. The Hall–Kier alpha value is 0.137. The minimum Gasteiger partial charge on any atom is -0.409 e. The summed E-state index contributed by atoms with van der Waals surface area (Å²) in [5.74, 6) is 0. The van der Waals surface area contributed by atoms with Crippen molar-refractivity contribution in [3.63, 3.8) is 0 Å². The molecule has 2 atom stereocenters. The molecule has 3 heteroatoms. The molecule has 1 N–H and O–H groups in total. The van der Waals surface area contributed by atoms with Crippen molar-refractivity contribution in [3.05, 3.63) is 0 Å². The first-order chi connectivity index (χ1) is 7.08. The second kappa shape index (κ2) is 4.43. The first kappa shape index (κ1) is 14.2. The number of hydrogen-bond acceptors (Lipinski definition) is 2. The highest BCUT2D eigenvalue weighted by Crippen LogP contribution is 2.42. The summed E-state index contributed by atoms with van der Waals surface area (Å²) in [4.78, 5) is 0. The molecule has 16 heavy (non-hydrogen) atoms. The molecule has 0 amide bonds. The Morgan fingerprint density at radius 1 is 1.25 bits per heavy atom. The lowest BCUT2D eigenvalue weighted by molar-refractivity contribution is -0.0763. The number of aliphatic hydroxyl groups excluding tert-OH is 1. The minimum atomic E-state index is -1.77. The third-order valence-electron chi connectivity index (χ3n) is 4.40. The molecule has 2 nitrogen and oxygen atoms in total. The van der Waals surface area contributed by atoms with E-state index >= 15 is 0 Å². The van der Waals surface area contributed by atoms with Gasteiger partial charge in [0.2, 0.25) is 0 Å². The van der Waals surface area contributed by atoms with Gasteiger partial charge < -0.3 is 9.53 Å². The van der Waals surface area contributed by atoms with E-state index in [0.717, 1.165) is 19.3 Å². The van der Waals surface area contributed by atoms with Gasteiger partial charge in [0.1, 0.15) is 0 Å². The molecule has 96 valence electrons. The summed E-state index contributed by atoms with van der Waals surface area (Å²) in [6.45, 7) is 13.4. The van der Waals surface area contributed by atoms with Gasteiger partial charge >= 0.3 is 0 Å². The van der Waals surface area contributed by atoms with Gasteiger partial charge in [-0.05, 0) is 37.9 Å². The van der Waals surface area contributed by atoms with Gasteiger partial charge in [0.05, 0.1) is 11.7 Å². The zero-order chi connectivity index (χ0) is 12.6. The second-order valence-electron chi connectivity index (χ2n) is 6.94. The summed E-state index contributed by atoms with van der Waals surface area (Å²) in [6, 6.07) is 0. The lowest BCUT2D eigenvalue weighted by Gasteiger charge is -2.47. The number of hydrogen-bond donors (Lipinski definition) is 1. The summed E-state index contributed by atoms with van der Waals surface area (Å²) in [7, 11) is -1.77. The second-order valence-corrected chi connectivity index (χ2v) is 11.7. The molecule has 0 aromatic carbocycles. The van der Waals surface area contributed by atoms with Gasteiger partial charge in [0.25, 0.3) is 0 Å². The maximum Gasteiger partial charge on any atom is 0.192 e. The standard InChI is InChI=1S/C13H28O2Si/c1-12(2,3)16(5,6)15-13(4)10-8-7-9-11(13)14/h11,14H,7-10H2,1-6H3. The van der Waals surface area contributed by atoms with E-state index < -0.39 is 8.32 Å². The van der Waals surface area contributed by atoms with Crippen LogP contribution >= 0.6 is 0 Å². The SMILES string of the molecule is CC1(O[Si](C)(C)C(C)(C)C)CCCCC1O. The van der Waals surface area contributed by atoms with Crippen molar-refractivity contribution in [2.45, 2.75) is 83.2 Å². The maximum atomic E-state index is 10.2. The van der Waals surface area contributed by atoms with Gasteiger partial charge in [-0.25, -0.2) is 0 Å². The summed E-state index contributed by atoms with van der Waals surface area (Å²) in [5.41, 5.74) is -0.304. The molecule has 0 radical (unpaired) electrons. The highest BCUT2D eigenvalue weighted by molar-refractivity contribution is 6.74. The predicted molar refractivity (Wildman–Crippen MR) is 71.2 cm³/mol. The molecule has 0 spiro atoms. The van der Waals surface area contributed by atoms with Crippen molar-refractivity contribution in [2.75, 3.05) is 0 Å². The summed E-state index contributed by atoms with van der Waals surface area (Å²) < 4.78 is 6.43. The van der Waals surface area contributed by atoms with Gasteiger partial charge in [-0.15, -0.1) is 0 Å². The highest BCUT2D eigenvalue weighted by atomic mass is 28.4. The van der Waals surface area contributed by atoms with Crippen molar-refractivity contribution in [2.24, 2.45) is 0 Å². The molecule has 1 saturated carbocycles. The lowest BCUT2D eigenvalue weighted by atomic mass is 9.84. The fourth-order valence-electron chi connectivity index (χ4n) is 2.14. The van der Waals surface area contributed by atoms with E-state index in [4.69, 9.17) is 4.43 Å². The van der Waals surface area contributed by atoms with Gasteiger partial charge in [-0.2, -0.15) is 0 Å². The highest BCUT2D eigenvalue weighted by Gasteiger charge is 2.46. The van der Waals surface area contributed by atoms with Crippen molar-refractivity contribution >= 4 is 8.32 Å². The van der Waals surface area contributed by atoms with Gasteiger partial charge in [0, 0.05) is 0 Å². The fourth-order valence-corrected chi connectivity index (χ4v) is 3.85. The Bertz CT molecular complexity index is 245. The quantitative estimate of drug-likeness (QED) is 0.751. The zero-order valence-electron chi connectivity index (χ0n) is 11.8. The lowest BCUT2D eigenvalue weighted by Crippen LogP contribution is -2.54. The van der Waals surface area contributed by atoms with E-state index in [1.54, 1.807) is 0 Å². The molecule has 0 heterocycles. The third kappa shape index (κ3) is 2.87. The Morgan fingerprint density at radius 3 is 2.25 bits per heavy atom. The van der Waals surface area contributed by atoms with Crippen LogP contribution in [0.1, 0.15) is 53.4 Å². The van der Waals surface area contributed by atoms with Crippen LogP contribution in [0.5, 0.6) is 0 Å². The molecule has 1 aliphatic rings. The Kier molecular flexibility index (Phi) is 3.93. The van der Waals surface area contributed by atoms with Crippen molar-refractivity contribution in [3.8, 4) is 0 Å². The van der Waals surface area contributed by atoms with Crippen molar-refractivity contribution in [1.29, 1.82) is 0 Å². The Balaban J connectivity index is 2.78. The molecule has 1 fully saturated rings. The van der Waals surface area contributed by atoms with Crippen LogP contribution in [-0.4, -0.2) is 25.1 Å². The van der Waals surface area contributed by atoms with Crippen molar-refractivity contribution in [1.82, 2.24) is 0 Å². The van der Waals surface area contributed by atoms with E-state index in [-0.39, 0.29) is 16.7 Å². The monoisotopic (exact) mass is 244 g/mol. The van der Waals surface area contributed by atoms with Crippen LogP contribution in [-0.2, 0) is 4.43 Å². The van der Waals surface area contributed by atoms with Crippen LogP contribution in [0.3, 0.4) is 0 Å². The number of rotatable bonds is 2. The molecule has 0 aromatic heterocycles. The Morgan fingerprint density at radius 2 is 1.81 bits per heavy atom. The molecule has 1 aliphatic carbocycles. The molecule has 0 aliphatic heterocycles. The van der Waals surface area contributed by atoms with Gasteiger partial charge in [-0.3, -0.25) is 0 Å². The average Bonchev–Trinajstić information content (AvgIpc) is 2.07. The molecule has 0 saturated heterocycles. The molecular weight excluding hydrogens is 216 g/mol. The van der Waals surface area contributed by atoms with E-state index in [9.17, 15) is 5.11 Å². The largest absolute Gasteiger partial charge is 0.409 e. The molecule has 0 bridgehead atoms. The summed E-state index contributed by atoms with van der Waals surface area (Å²) >= 11 is 0. The maximum absolute atomic E-state index is 10.2. The average molecular weight is 244 g/mol. The van der Waals surface area contributed by atoms with E-state index in [1.807, 2.05) is 0 Å². The normalized spacial score (nSPS) is 32.8. The summed E-state index contributed by atoms with van der Waals surface area (Å²) in [6.07, 6.45) is 3.93. The first-order valence-electron chi connectivity index (χ1n) is 6.47. The van der Waals surface area contributed by atoms with Crippen molar-refractivity contribution < 1.29 is 9.53 Å². The zero-order valence-corrected chi connectivity index (χ0v) is 12.8. The van der Waals surface area contributed by atoms with Crippen LogP contribution in [0.4, 0.5) is 0 Å². The molecule has 2 unspecified atom stereocenters. The first-order valence-corrected chi connectivity index (χ1v) is 9.38. The van der Waals surface area contributed by atoms with Crippen LogP contribution in [0, 0.1) is 0 Å². The Labute approximate surface area is 102 Å². The van der Waals surface area contributed by atoms with Gasteiger partial charge in [-0.1, -0.05) is 33.6 Å². The minimum absolute atomic E-state index is 0.215. The van der Waals surface area contributed by atoms with Crippen LogP contribution in [0.25, 0.3) is 0 Å². The number of aliphatic hydroxyl groups is 1. The fraction of sp³-hybridized carbons (Fsp3) is 1.00. The molecular formula is C13H28O2Si. The predicted octanol–water partition coefficient (Wildman–Crippen LogP) is 3.70. The van der Waals surface area contributed by atoms with E-state index in [1.165, 1.54) is 6.42 Å². The topological polar surface area (TPSA) is 29.5 Å². The molecule has 1 rings (SSSR count). The smallest absolute Gasteiger partial charge is 0.192 e.